The number of anilines is 2. The predicted molar refractivity (Wildman–Crippen MR) is 77.3 cm³/mol. The number of pyridine rings is 1. The molecule has 7 nitrogen and oxygen atoms in total. The number of nitro groups is 1. The molecule has 0 radical (unpaired) electrons. The molecule has 0 atom stereocenters. The number of carboxylic acids is 1. The molecule has 2 aromatic rings. The molecule has 21 heavy (non-hydrogen) atoms. The summed E-state index contributed by atoms with van der Waals surface area (Å²) in [7, 11) is 0. The normalized spacial score (nSPS) is 10.2. The fraction of sp³-hybridized carbons (Fsp3) is 0.0769. The molecule has 0 spiro atoms. The van der Waals surface area contributed by atoms with E-state index in [4.69, 9.17) is 16.7 Å². The Morgan fingerprint density at radius 3 is 2.71 bits per heavy atom. The van der Waals surface area contributed by atoms with E-state index in [9.17, 15) is 14.9 Å². The van der Waals surface area contributed by atoms with Crippen molar-refractivity contribution in [2.45, 2.75) is 6.92 Å². The summed E-state index contributed by atoms with van der Waals surface area (Å²) in [5.41, 5.74) is 0.659. The first-order valence-electron chi connectivity index (χ1n) is 5.80. The highest BCUT2D eigenvalue weighted by Crippen LogP contribution is 2.31. The second-order valence-electron chi connectivity index (χ2n) is 4.21. The van der Waals surface area contributed by atoms with Crippen LogP contribution in [0.3, 0.4) is 0 Å². The molecular formula is C13H10ClN3O4. The van der Waals surface area contributed by atoms with Crippen LogP contribution in [-0.4, -0.2) is 21.0 Å². The molecule has 1 aromatic heterocycles. The zero-order valence-electron chi connectivity index (χ0n) is 10.8. The molecule has 2 N–H and O–H groups in total. The van der Waals surface area contributed by atoms with E-state index >= 15 is 0 Å². The Labute approximate surface area is 124 Å². The fourth-order valence-electron chi connectivity index (χ4n) is 1.75. The smallest absolute Gasteiger partial charge is 0.335 e. The molecule has 8 heteroatoms. The van der Waals surface area contributed by atoms with Crippen LogP contribution in [0.4, 0.5) is 17.2 Å². The van der Waals surface area contributed by atoms with E-state index in [0.29, 0.717) is 11.3 Å². The number of carbonyl (C=O) groups is 1. The standard InChI is InChI=1S/C13H10ClN3O4/c1-7-4-5-15-12(11(7)17(20)21)16-10-3-2-8(13(18)19)6-9(10)14/h2-6H,1H3,(H,15,16)(H,18,19). The minimum absolute atomic E-state index is 0.0252. The fourth-order valence-corrected chi connectivity index (χ4v) is 1.98. The first kappa shape index (κ1) is 14.7. The average Bonchev–Trinajstić information content (AvgIpc) is 2.40. The topological polar surface area (TPSA) is 105 Å². The van der Waals surface area contributed by atoms with Gasteiger partial charge in [0.25, 0.3) is 0 Å². The molecule has 0 aliphatic carbocycles. The van der Waals surface area contributed by atoms with Gasteiger partial charge in [-0.25, -0.2) is 9.78 Å². The minimum atomic E-state index is -1.11. The number of aromatic carboxylic acids is 1. The van der Waals surface area contributed by atoms with Gasteiger partial charge in [-0.1, -0.05) is 11.6 Å². The Morgan fingerprint density at radius 2 is 2.14 bits per heavy atom. The van der Waals surface area contributed by atoms with Gasteiger partial charge in [-0.05, 0) is 31.2 Å². The van der Waals surface area contributed by atoms with Crippen LogP contribution in [-0.2, 0) is 0 Å². The number of hydrogen-bond acceptors (Lipinski definition) is 5. The van der Waals surface area contributed by atoms with Gasteiger partial charge in [0, 0.05) is 11.8 Å². The van der Waals surface area contributed by atoms with E-state index in [-0.39, 0.29) is 22.1 Å². The maximum atomic E-state index is 11.1. The SMILES string of the molecule is Cc1ccnc(Nc2ccc(C(=O)O)cc2Cl)c1[N+](=O)[O-]. The van der Waals surface area contributed by atoms with Crippen LogP contribution in [0.25, 0.3) is 0 Å². The van der Waals surface area contributed by atoms with Crippen LogP contribution in [0.5, 0.6) is 0 Å². The lowest BCUT2D eigenvalue weighted by molar-refractivity contribution is -0.384. The number of aryl methyl sites for hydroxylation is 1. The Balaban J connectivity index is 2.42. The first-order chi connectivity index (χ1) is 9.90. The molecule has 0 bridgehead atoms. The number of benzene rings is 1. The maximum Gasteiger partial charge on any atom is 0.335 e. The average molecular weight is 308 g/mol. The van der Waals surface area contributed by atoms with Gasteiger partial charge in [0.1, 0.15) is 0 Å². The number of aromatic nitrogens is 1. The highest BCUT2D eigenvalue weighted by atomic mass is 35.5. The molecule has 1 aromatic carbocycles. The number of hydrogen-bond donors (Lipinski definition) is 2. The second kappa shape index (κ2) is 5.76. The van der Waals surface area contributed by atoms with Crippen molar-refractivity contribution in [3.63, 3.8) is 0 Å². The highest BCUT2D eigenvalue weighted by molar-refractivity contribution is 6.33. The Bertz CT molecular complexity index is 733. The number of nitrogens with one attached hydrogen (secondary N) is 1. The molecule has 0 saturated carbocycles. The van der Waals surface area contributed by atoms with Gasteiger partial charge in [-0.3, -0.25) is 10.1 Å². The summed E-state index contributed by atoms with van der Waals surface area (Å²) < 4.78 is 0. The third-order valence-electron chi connectivity index (χ3n) is 2.78. The summed E-state index contributed by atoms with van der Waals surface area (Å²) in [6, 6.07) is 5.56. The molecule has 0 saturated heterocycles. The number of rotatable bonds is 4. The summed E-state index contributed by atoms with van der Waals surface area (Å²) in [6.07, 6.45) is 1.43. The zero-order chi connectivity index (χ0) is 15.6. The van der Waals surface area contributed by atoms with Crippen molar-refractivity contribution in [2.24, 2.45) is 0 Å². The largest absolute Gasteiger partial charge is 0.478 e. The summed E-state index contributed by atoms with van der Waals surface area (Å²) in [6.45, 7) is 1.60. The minimum Gasteiger partial charge on any atom is -0.478 e. The van der Waals surface area contributed by atoms with Gasteiger partial charge in [-0.2, -0.15) is 0 Å². The van der Waals surface area contributed by atoms with E-state index in [1.807, 2.05) is 0 Å². The van der Waals surface area contributed by atoms with Gasteiger partial charge < -0.3 is 10.4 Å². The monoisotopic (exact) mass is 307 g/mol. The summed E-state index contributed by atoms with van der Waals surface area (Å²) in [5, 5.41) is 22.8. The predicted octanol–water partition coefficient (Wildman–Crippen LogP) is 3.39. The van der Waals surface area contributed by atoms with Crippen LogP contribution in [0.1, 0.15) is 15.9 Å². The van der Waals surface area contributed by atoms with Gasteiger partial charge in [0.15, 0.2) is 0 Å². The Kier molecular flexibility index (Phi) is 4.04. The van der Waals surface area contributed by atoms with Gasteiger partial charge in [0.05, 0.1) is 21.2 Å². The third-order valence-corrected chi connectivity index (χ3v) is 3.09. The Hall–Kier alpha value is -2.67. The van der Waals surface area contributed by atoms with Crippen molar-refractivity contribution < 1.29 is 14.8 Å². The summed E-state index contributed by atoms with van der Waals surface area (Å²) in [4.78, 5) is 25.3. The quantitative estimate of drug-likeness (QED) is 0.662. The molecule has 2 rings (SSSR count). The molecule has 0 amide bonds. The Morgan fingerprint density at radius 1 is 1.43 bits per heavy atom. The molecule has 1 heterocycles. The van der Waals surface area contributed by atoms with Crippen molar-refractivity contribution >= 4 is 34.8 Å². The van der Waals surface area contributed by atoms with Crippen LogP contribution >= 0.6 is 11.6 Å². The number of nitrogens with zero attached hydrogens (tertiary/aromatic N) is 2. The van der Waals surface area contributed by atoms with Crippen molar-refractivity contribution in [2.75, 3.05) is 5.32 Å². The van der Waals surface area contributed by atoms with Crippen LogP contribution in [0.15, 0.2) is 30.5 Å². The van der Waals surface area contributed by atoms with Crippen LogP contribution in [0.2, 0.25) is 5.02 Å². The molecule has 0 aliphatic rings. The van der Waals surface area contributed by atoms with Crippen LogP contribution in [0, 0.1) is 17.0 Å². The van der Waals surface area contributed by atoms with Crippen molar-refractivity contribution in [1.29, 1.82) is 0 Å². The first-order valence-corrected chi connectivity index (χ1v) is 6.18. The van der Waals surface area contributed by atoms with Crippen LogP contribution < -0.4 is 5.32 Å². The van der Waals surface area contributed by atoms with Gasteiger partial charge >= 0.3 is 11.7 Å². The van der Waals surface area contributed by atoms with Crippen molar-refractivity contribution in [3.8, 4) is 0 Å². The third kappa shape index (κ3) is 3.09. The molecule has 0 fully saturated rings. The van der Waals surface area contributed by atoms with E-state index in [0.717, 1.165) is 0 Å². The summed E-state index contributed by atoms with van der Waals surface area (Å²) >= 11 is 5.97. The summed E-state index contributed by atoms with van der Waals surface area (Å²) in [5.74, 6) is -1.06. The lowest BCUT2D eigenvalue weighted by atomic mass is 10.2. The number of carboxylic acid groups (broad SMARTS) is 1. The zero-order valence-corrected chi connectivity index (χ0v) is 11.6. The lowest BCUT2D eigenvalue weighted by Crippen LogP contribution is -2.03. The number of halogens is 1. The van der Waals surface area contributed by atoms with Crippen molar-refractivity contribution in [3.05, 3.63) is 56.7 Å². The van der Waals surface area contributed by atoms with Gasteiger partial charge in [0.2, 0.25) is 5.82 Å². The second-order valence-corrected chi connectivity index (χ2v) is 4.61. The lowest BCUT2D eigenvalue weighted by Gasteiger charge is -2.09. The highest BCUT2D eigenvalue weighted by Gasteiger charge is 2.19. The maximum absolute atomic E-state index is 11.1. The van der Waals surface area contributed by atoms with E-state index in [2.05, 4.69) is 10.3 Å². The van der Waals surface area contributed by atoms with E-state index in [1.165, 1.54) is 30.5 Å². The molecule has 108 valence electrons. The molecule has 0 unspecified atom stereocenters. The van der Waals surface area contributed by atoms with E-state index in [1.54, 1.807) is 6.92 Å². The van der Waals surface area contributed by atoms with Gasteiger partial charge in [-0.15, -0.1) is 0 Å². The molecule has 0 aliphatic heterocycles. The van der Waals surface area contributed by atoms with E-state index < -0.39 is 10.9 Å². The van der Waals surface area contributed by atoms with Crippen molar-refractivity contribution in [1.82, 2.24) is 4.98 Å². The molecular weight excluding hydrogens is 298 g/mol.